The van der Waals surface area contributed by atoms with Crippen molar-refractivity contribution in [1.82, 2.24) is 4.98 Å². The van der Waals surface area contributed by atoms with E-state index >= 15 is 0 Å². The van der Waals surface area contributed by atoms with Gasteiger partial charge in [0, 0.05) is 27.2 Å². The van der Waals surface area contributed by atoms with Crippen molar-refractivity contribution < 1.29 is 4.79 Å². The number of hydrogen-bond donors (Lipinski definition) is 1. The van der Waals surface area contributed by atoms with Crippen LogP contribution in [0, 0.1) is 0 Å². The number of benzene rings is 2. The third kappa shape index (κ3) is 2.08. The van der Waals surface area contributed by atoms with Crippen molar-refractivity contribution in [2.75, 3.05) is 0 Å². The van der Waals surface area contributed by atoms with Crippen LogP contribution in [-0.2, 0) is 0 Å². The second-order valence-electron chi connectivity index (χ2n) is 4.40. The first-order chi connectivity index (χ1) is 9.68. The third-order valence-electron chi connectivity index (χ3n) is 3.20. The summed E-state index contributed by atoms with van der Waals surface area (Å²) < 4.78 is 0.973. The molecule has 0 unspecified atom stereocenters. The van der Waals surface area contributed by atoms with Gasteiger partial charge >= 0.3 is 0 Å². The topological polar surface area (TPSA) is 56.0 Å². The van der Waals surface area contributed by atoms with Gasteiger partial charge in [0.2, 0.25) is 5.91 Å². The quantitative estimate of drug-likeness (QED) is 0.779. The van der Waals surface area contributed by atoms with Crippen LogP contribution in [0.2, 0.25) is 0 Å². The lowest BCUT2D eigenvalue weighted by Crippen LogP contribution is -2.12. The van der Waals surface area contributed by atoms with E-state index < -0.39 is 5.91 Å². The standard InChI is InChI=1S/C16H11BrN2O/c17-14-8-7-11(15-13(14)6-3-9-19-15)10-4-1-2-5-12(10)16(18)20/h1-9H,(H2,18,20). The normalized spacial score (nSPS) is 10.7. The molecule has 98 valence electrons. The van der Waals surface area contributed by atoms with E-state index in [1.807, 2.05) is 36.4 Å². The number of amides is 1. The van der Waals surface area contributed by atoms with E-state index in [1.54, 1.807) is 18.3 Å². The maximum Gasteiger partial charge on any atom is 0.249 e. The number of pyridine rings is 1. The Labute approximate surface area is 124 Å². The van der Waals surface area contributed by atoms with E-state index in [2.05, 4.69) is 20.9 Å². The molecule has 4 heteroatoms. The zero-order valence-corrected chi connectivity index (χ0v) is 12.1. The van der Waals surface area contributed by atoms with Gasteiger partial charge in [0.1, 0.15) is 0 Å². The monoisotopic (exact) mass is 326 g/mol. The summed E-state index contributed by atoms with van der Waals surface area (Å²) >= 11 is 3.52. The first-order valence-corrected chi connectivity index (χ1v) is 6.90. The minimum atomic E-state index is -0.437. The summed E-state index contributed by atoms with van der Waals surface area (Å²) in [5, 5.41) is 1.00. The van der Waals surface area contributed by atoms with Gasteiger partial charge in [-0.3, -0.25) is 9.78 Å². The maximum atomic E-state index is 11.6. The van der Waals surface area contributed by atoms with Crippen molar-refractivity contribution >= 4 is 32.7 Å². The van der Waals surface area contributed by atoms with Gasteiger partial charge in [-0.1, -0.05) is 46.3 Å². The molecule has 0 fully saturated rings. The summed E-state index contributed by atoms with van der Waals surface area (Å²) in [7, 11) is 0. The fourth-order valence-electron chi connectivity index (χ4n) is 2.29. The highest BCUT2D eigenvalue weighted by Crippen LogP contribution is 2.33. The fourth-order valence-corrected chi connectivity index (χ4v) is 2.74. The minimum absolute atomic E-state index is 0.437. The Balaban J connectivity index is 2.37. The zero-order valence-electron chi connectivity index (χ0n) is 10.5. The number of aromatic nitrogens is 1. The second-order valence-corrected chi connectivity index (χ2v) is 5.26. The molecular formula is C16H11BrN2O. The van der Waals surface area contributed by atoms with Crippen molar-refractivity contribution in [2.24, 2.45) is 5.73 Å². The molecule has 0 aliphatic carbocycles. The number of rotatable bonds is 2. The number of carbonyl (C=O) groups excluding carboxylic acids is 1. The van der Waals surface area contributed by atoms with Crippen molar-refractivity contribution in [2.45, 2.75) is 0 Å². The highest BCUT2D eigenvalue weighted by atomic mass is 79.9. The van der Waals surface area contributed by atoms with E-state index in [-0.39, 0.29) is 0 Å². The molecule has 3 rings (SSSR count). The summed E-state index contributed by atoms with van der Waals surface area (Å²) in [5.41, 5.74) is 8.51. The van der Waals surface area contributed by atoms with Gasteiger partial charge in [0.05, 0.1) is 5.52 Å². The number of halogens is 1. The van der Waals surface area contributed by atoms with Gasteiger partial charge in [0.15, 0.2) is 0 Å². The number of nitrogens with two attached hydrogens (primary N) is 1. The van der Waals surface area contributed by atoms with Gasteiger partial charge in [-0.2, -0.15) is 0 Å². The Bertz CT molecular complexity index is 814. The van der Waals surface area contributed by atoms with Crippen LogP contribution in [0.3, 0.4) is 0 Å². The molecule has 0 bridgehead atoms. The average Bonchev–Trinajstić information content (AvgIpc) is 2.48. The Hall–Kier alpha value is -2.20. The van der Waals surface area contributed by atoms with Gasteiger partial charge < -0.3 is 5.73 Å². The predicted molar refractivity (Wildman–Crippen MR) is 83.4 cm³/mol. The van der Waals surface area contributed by atoms with Crippen LogP contribution in [0.25, 0.3) is 22.0 Å². The third-order valence-corrected chi connectivity index (χ3v) is 3.89. The van der Waals surface area contributed by atoms with Crippen LogP contribution in [0.15, 0.2) is 59.2 Å². The maximum absolute atomic E-state index is 11.6. The molecule has 1 aromatic heterocycles. The van der Waals surface area contributed by atoms with E-state index in [4.69, 9.17) is 5.73 Å². The molecule has 0 saturated heterocycles. The Morgan fingerprint density at radius 2 is 1.80 bits per heavy atom. The van der Waals surface area contributed by atoms with Crippen molar-refractivity contribution in [3.8, 4) is 11.1 Å². The number of hydrogen-bond acceptors (Lipinski definition) is 2. The van der Waals surface area contributed by atoms with Crippen molar-refractivity contribution in [3.05, 3.63) is 64.8 Å². The lowest BCUT2D eigenvalue weighted by Gasteiger charge is -2.10. The number of primary amides is 1. The van der Waals surface area contributed by atoms with Gasteiger partial charge in [0.25, 0.3) is 0 Å². The van der Waals surface area contributed by atoms with E-state index in [9.17, 15) is 4.79 Å². The molecule has 0 atom stereocenters. The summed E-state index contributed by atoms with van der Waals surface area (Å²) in [6.45, 7) is 0. The largest absolute Gasteiger partial charge is 0.366 e. The molecule has 1 amide bonds. The lowest BCUT2D eigenvalue weighted by molar-refractivity contribution is 0.100. The molecule has 2 N–H and O–H groups in total. The summed E-state index contributed by atoms with van der Waals surface area (Å²) in [6, 6.07) is 15.1. The molecule has 1 heterocycles. The van der Waals surface area contributed by atoms with Crippen LogP contribution in [0.5, 0.6) is 0 Å². The van der Waals surface area contributed by atoms with Crippen LogP contribution < -0.4 is 5.73 Å². The molecule has 0 aliphatic heterocycles. The smallest absolute Gasteiger partial charge is 0.249 e. The SMILES string of the molecule is NC(=O)c1ccccc1-c1ccc(Br)c2cccnc12. The molecular weight excluding hydrogens is 316 g/mol. The van der Waals surface area contributed by atoms with E-state index in [1.165, 1.54) is 0 Å². The van der Waals surface area contributed by atoms with Gasteiger partial charge in [-0.25, -0.2) is 0 Å². The second kappa shape index (κ2) is 5.06. The molecule has 0 spiro atoms. The Morgan fingerprint density at radius 3 is 2.60 bits per heavy atom. The zero-order chi connectivity index (χ0) is 14.1. The van der Waals surface area contributed by atoms with Gasteiger partial charge in [-0.15, -0.1) is 0 Å². The number of fused-ring (bicyclic) bond motifs is 1. The Morgan fingerprint density at radius 1 is 1.00 bits per heavy atom. The molecule has 0 aliphatic rings. The molecule has 20 heavy (non-hydrogen) atoms. The fraction of sp³-hybridized carbons (Fsp3) is 0. The van der Waals surface area contributed by atoms with E-state index in [0.29, 0.717) is 5.56 Å². The molecule has 2 aromatic carbocycles. The predicted octanol–water partition coefficient (Wildman–Crippen LogP) is 3.76. The van der Waals surface area contributed by atoms with E-state index in [0.717, 1.165) is 26.5 Å². The summed E-state index contributed by atoms with van der Waals surface area (Å²) in [6.07, 6.45) is 1.74. The van der Waals surface area contributed by atoms with Crippen LogP contribution >= 0.6 is 15.9 Å². The number of nitrogens with zero attached hydrogens (tertiary/aromatic N) is 1. The van der Waals surface area contributed by atoms with Crippen molar-refractivity contribution in [3.63, 3.8) is 0 Å². The lowest BCUT2D eigenvalue weighted by atomic mass is 9.97. The molecule has 3 nitrogen and oxygen atoms in total. The van der Waals surface area contributed by atoms with Crippen LogP contribution in [-0.4, -0.2) is 10.9 Å². The average molecular weight is 327 g/mol. The molecule has 0 saturated carbocycles. The summed E-state index contributed by atoms with van der Waals surface area (Å²) in [5.74, 6) is -0.437. The first-order valence-electron chi connectivity index (χ1n) is 6.11. The molecule has 0 radical (unpaired) electrons. The molecule has 3 aromatic rings. The highest BCUT2D eigenvalue weighted by molar-refractivity contribution is 9.10. The minimum Gasteiger partial charge on any atom is -0.366 e. The number of carbonyl (C=O) groups is 1. The van der Waals surface area contributed by atoms with Crippen LogP contribution in [0.1, 0.15) is 10.4 Å². The summed E-state index contributed by atoms with van der Waals surface area (Å²) in [4.78, 5) is 16.0. The first kappa shape index (κ1) is 12.8. The van der Waals surface area contributed by atoms with Crippen LogP contribution in [0.4, 0.5) is 0 Å². The Kier molecular flexibility index (Phi) is 3.24. The van der Waals surface area contributed by atoms with Crippen molar-refractivity contribution in [1.29, 1.82) is 0 Å². The van der Waals surface area contributed by atoms with Gasteiger partial charge in [-0.05, 0) is 23.8 Å². The highest BCUT2D eigenvalue weighted by Gasteiger charge is 2.13.